The molecule has 1 aromatic carbocycles. The second-order valence-corrected chi connectivity index (χ2v) is 7.13. The maximum Gasteiger partial charge on any atom is 0.239 e. The predicted molar refractivity (Wildman–Crippen MR) is 87.5 cm³/mol. The van der Waals surface area contributed by atoms with Crippen molar-refractivity contribution in [3.05, 3.63) is 24.3 Å². The van der Waals surface area contributed by atoms with Gasteiger partial charge in [-0.1, -0.05) is 25.5 Å². The molecule has 0 heterocycles. The van der Waals surface area contributed by atoms with Crippen molar-refractivity contribution in [2.45, 2.75) is 39.7 Å². The van der Waals surface area contributed by atoms with Gasteiger partial charge in [-0.3, -0.25) is 4.79 Å². The SMILES string of the molecule is CCCCS(=O)(=O)NCC(=O)Nc1ccccc1OC(C)C. The lowest BCUT2D eigenvalue weighted by molar-refractivity contribution is -0.115. The van der Waals surface area contributed by atoms with E-state index in [9.17, 15) is 13.2 Å². The van der Waals surface area contributed by atoms with Crippen LogP contribution in [0.1, 0.15) is 33.6 Å². The molecular weight excluding hydrogens is 304 g/mol. The zero-order valence-electron chi connectivity index (χ0n) is 13.3. The second kappa shape index (κ2) is 8.75. The van der Waals surface area contributed by atoms with Crippen molar-refractivity contribution in [2.24, 2.45) is 0 Å². The van der Waals surface area contributed by atoms with E-state index in [1.807, 2.05) is 20.8 Å². The summed E-state index contributed by atoms with van der Waals surface area (Å²) in [5.41, 5.74) is 0.522. The van der Waals surface area contributed by atoms with Crippen LogP contribution in [0.5, 0.6) is 5.75 Å². The first-order valence-corrected chi connectivity index (χ1v) is 9.02. The molecule has 0 atom stereocenters. The number of unbranched alkanes of at least 4 members (excludes halogenated alkanes) is 1. The number of hydrogen-bond acceptors (Lipinski definition) is 4. The molecule has 2 N–H and O–H groups in total. The van der Waals surface area contributed by atoms with Crippen molar-refractivity contribution in [3.8, 4) is 5.75 Å². The topological polar surface area (TPSA) is 84.5 Å². The lowest BCUT2D eigenvalue weighted by Gasteiger charge is -2.15. The molecule has 0 saturated heterocycles. The summed E-state index contributed by atoms with van der Waals surface area (Å²) in [6.07, 6.45) is 1.33. The van der Waals surface area contributed by atoms with Crippen molar-refractivity contribution >= 4 is 21.6 Å². The van der Waals surface area contributed by atoms with Crippen LogP contribution >= 0.6 is 0 Å². The van der Waals surface area contributed by atoms with Gasteiger partial charge < -0.3 is 10.1 Å². The van der Waals surface area contributed by atoms with Crippen LogP contribution in [0.3, 0.4) is 0 Å². The van der Waals surface area contributed by atoms with Crippen LogP contribution in [-0.4, -0.2) is 32.7 Å². The Labute approximate surface area is 132 Å². The molecule has 124 valence electrons. The highest BCUT2D eigenvalue weighted by Crippen LogP contribution is 2.24. The number of anilines is 1. The third-order valence-electron chi connectivity index (χ3n) is 2.74. The summed E-state index contributed by atoms with van der Waals surface area (Å²) >= 11 is 0. The summed E-state index contributed by atoms with van der Waals surface area (Å²) in [6, 6.07) is 7.04. The largest absolute Gasteiger partial charge is 0.489 e. The predicted octanol–water partition coefficient (Wildman–Crippen LogP) is 2.13. The zero-order chi connectivity index (χ0) is 16.6. The second-order valence-electron chi connectivity index (χ2n) is 5.20. The summed E-state index contributed by atoms with van der Waals surface area (Å²) in [7, 11) is -3.40. The van der Waals surface area contributed by atoms with E-state index in [1.165, 1.54) is 0 Å². The molecule has 1 aromatic rings. The first-order valence-electron chi connectivity index (χ1n) is 7.37. The zero-order valence-corrected chi connectivity index (χ0v) is 14.1. The number of para-hydroxylation sites is 2. The van der Waals surface area contributed by atoms with Gasteiger partial charge in [-0.25, -0.2) is 13.1 Å². The molecule has 6 nitrogen and oxygen atoms in total. The minimum atomic E-state index is -3.40. The van der Waals surface area contributed by atoms with Crippen LogP contribution in [0, 0.1) is 0 Å². The molecule has 0 spiro atoms. The Morgan fingerprint density at radius 1 is 1.27 bits per heavy atom. The Morgan fingerprint density at radius 3 is 2.59 bits per heavy atom. The average Bonchev–Trinajstić information content (AvgIpc) is 2.45. The quantitative estimate of drug-likeness (QED) is 0.727. The van der Waals surface area contributed by atoms with Gasteiger partial charge in [-0.05, 0) is 32.4 Å². The van der Waals surface area contributed by atoms with E-state index in [4.69, 9.17) is 4.74 Å². The molecule has 0 aliphatic heterocycles. The number of rotatable bonds is 9. The van der Waals surface area contributed by atoms with Gasteiger partial charge >= 0.3 is 0 Å². The number of carbonyl (C=O) groups excluding carboxylic acids is 1. The Hall–Kier alpha value is -1.60. The maximum atomic E-state index is 11.9. The Balaban J connectivity index is 2.59. The Bertz CT molecular complexity index is 585. The van der Waals surface area contributed by atoms with Gasteiger partial charge in [-0.15, -0.1) is 0 Å². The molecule has 7 heteroatoms. The molecule has 1 amide bonds. The fourth-order valence-electron chi connectivity index (χ4n) is 1.70. The first kappa shape index (κ1) is 18.4. The molecule has 0 unspecified atom stereocenters. The van der Waals surface area contributed by atoms with E-state index in [1.54, 1.807) is 24.3 Å². The number of nitrogens with one attached hydrogen (secondary N) is 2. The molecule has 0 bridgehead atoms. The van der Waals surface area contributed by atoms with E-state index in [0.717, 1.165) is 6.42 Å². The van der Waals surface area contributed by atoms with E-state index < -0.39 is 15.9 Å². The Morgan fingerprint density at radius 2 is 1.95 bits per heavy atom. The molecule has 0 aliphatic carbocycles. The Kier molecular flexibility index (Phi) is 7.34. The van der Waals surface area contributed by atoms with Crippen molar-refractivity contribution in [3.63, 3.8) is 0 Å². The van der Waals surface area contributed by atoms with Crippen molar-refractivity contribution in [1.82, 2.24) is 4.72 Å². The van der Waals surface area contributed by atoms with Gasteiger partial charge in [0.2, 0.25) is 15.9 Å². The van der Waals surface area contributed by atoms with Gasteiger partial charge in [0.1, 0.15) is 5.75 Å². The van der Waals surface area contributed by atoms with E-state index in [-0.39, 0.29) is 18.4 Å². The minimum absolute atomic E-state index is 0.0226. The maximum absolute atomic E-state index is 11.9. The highest BCUT2D eigenvalue weighted by Gasteiger charge is 2.13. The summed E-state index contributed by atoms with van der Waals surface area (Å²) in [4.78, 5) is 11.9. The van der Waals surface area contributed by atoms with Crippen LogP contribution < -0.4 is 14.8 Å². The van der Waals surface area contributed by atoms with Gasteiger partial charge in [-0.2, -0.15) is 0 Å². The number of amides is 1. The van der Waals surface area contributed by atoms with E-state index in [2.05, 4.69) is 10.0 Å². The lowest BCUT2D eigenvalue weighted by Crippen LogP contribution is -2.34. The van der Waals surface area contributed by atoms with Crippen molar-refractivity contribution < 1.29 is 17.9 Å². The fraction of sp³-hybridized carbons (Fsp3) is 0.533. The first-order chi connectivity index (χ1) is 10.3. The molecule has 0 radical (unpaired) electrons. The normalized spacial score (nSPS) is 11.5. The molecule has 0 aliphatic rings. The molecule has 1 rings (SSSR count). The summed E-state index contributed by atoms with van der Waals surface area (Å²) in [5.74, 6) is 0.156. The van der Waals surface area contributed by atoms with Crippen LogP contribution in [0.25, 0.3) is 0 Å². The summed E-state index contributed by atoms with van der Waals surface area (Å²) < 4.78 is 31.2. The third kappa shape index (κ3) is 6.91. The van der Waals surface area contributed by atoms with Crippen molar-refractivity contribution in [2.75, 3.05) is 17.6 Å². The lowest BCUT2D eigenvalue weighted by atomic mass is 10.3. The van der Waals surface area contributed by atoms with Crippen LogP contribution in [0.2, 0.25) is 0 Å². The molecule has 0 aromatic heterocycles. The van der Waals surface area contributed by atoms with Gasteiger partial charge in [0, 0.05) is 0 Å². The summed E-state index contributed by atoms with van der Waals surface area (Å²) in [5, 5.41) is 2.65. The average molecular weight is 328 g/mol. The number of sulfonamides is 1. The third-order valence-corrected chi connectivity index (χ3v) is 4.15. The summed E-state index contributed by atoms with van der Waals surface area (Å²) in [6.45, 7) is 5.40. The number of carbonyl (C=O) groups is 1. The van der Waals surface area contributed by atoms with Gasteiger partial charge in [0.15, 0.2) is 0 Å². The number of ether oxygens (including phenoxy) is 1. The van der Waals surface area contributed by atoms with Crippen LogP contribution in [-0.2, 0) is 14.8 Å². The fourth-order valence-corrected chi connectivity index (χ4v) is 2.87. The molecule has 22 heavy (non-hydrogen) atoms. The van der Waals surface area contributed by atoms with Crippen LogP contribution in [0.15, 0.2) is 24.3 Å². The monoisotopic (exact) mass is 328 g/mol. The molecular formula is C15H24N2O4S. The molecule has 0 saturated carbocycles. The van der Waals surface area contributed by atoms with E-state index >= 15 is 0 Å². The van der Waals surface area contributed by atoms with Crippen LogP contribution in [0.4, 0.5) is 5.69 Å². The number of hydrogen-bond donors (Lipinski definition) is 2. The van der Waals surface area contributed by atoms with Gasteiger partial charge in [0.05, 0.1) is 24.1 Å². The standard InChI is InChI=1S/C15H24N2O4S/c1-4-5-10-22(19,20)16-11-15(18)17-13-8-6-7-9-14(13)21-12(2)3/h6-9,12,16H,4-5,10-11H2,1-3H3,(H,17,18). The smallest absolute Gasteiger partial charge is 0.239 e. The van der Waals surface area contributed by atoms with Gasteiger partial charge in [0.25, 0.3) is 0 Å². The highest BCUT2D eigenvalue weighted by atomic mass is 32.2. The molecule has 0 fully saturated rings. The van der Waals surface area contributed by atoms with E-state index in [0.29, 0.717) is 17.9 Å². The van der Waals surface area contributed by atoms with Crippen molar-refractivity contribution in [1.29, 1.82) is 0 Å². The minimum Gasteiger partial charge on any atom is -0.489 e. The number of benzene rings is 1. The highest BCUT2D eigenvalue weighted by molar-refractivity contribution is 7.89.